The van der Waals surface area contributed by atoms with Crippen LogP contribution in [-0.2, 0) is 16.4 Å². The van der Waals surface area contributed by atoms with Crippen LogP contribution >= 0.6 is 27.3 Å². The Morgan fingerprint density at radius 2 is 2.00 bits per heavy atom. The van der Waals surface area contributed by atoms with Gasteiger partial charge in [0.05, 0.1) is 5.69 Å². The van der Waals surface area contributed by atoms with E-state index in [1.54, 1.807) is 12.1 Å². The molecule has 1 heterocycles. The topological polar surface area (TPSA) is 58.2 Å². The van der Waals surface area contributed by atoms with Gasteiger partial charge in [0, 0.05) is 9.35 Å². The van der Waals surface area contributed by atoms with Crippen molar-refractivity contribution in [2.24, 2.45) is 0 Å². The van der Waals surface area contributed by atoms with Gasteiger partial charge in [-0.05, 0) is 66.6 Å². The lowest BCUT2D eigenvalue weighted by atomic mass is 10.2. The van der Waals surface area contributed by atoms with Crippen LogP contribution < -0.4 is 10.0 Å². The molecule has 0 atom stereocenters. The first-order valence-electron chi connectivity index (χ1n) is 6.45. The Labute approximate surface area is 137 Å². The van der Waals surface area contributed by atoms with E-state index in [0.717, 1.165) is 27.9 Å². The molecule has 0 aliphatic heterocycles. The summed E-state index contributed by atoms with van der Waals surface area (Å²) in [5.41, 5.74) is 1.54. The molecule has 2 rings (SSSR count). The van der Waals surface area contributed by atoms with E-state index in [1.807, 2.05) is 32.2 Å². The standard InChI is InChI=1S/C14H17BrN2O2S2/c1-10-4-3-5-12(14(10)15)17-21(18,19)13-7-6-11(20-13)8-9-16-2/h3-7,16-17H,8-9H2,1-2H3. The van der Waals surface area contributed by atoms with E-state index >= 15 is 0 Å². The van der Waals surface area contributed by atoms with Crippen molar-refractivity contribution in [2.45, 2.75) is 17.6 Å². The highest BCUT2D eigenvalue weighted by Gasteiger charge is 2.18. The van der Waals surface area contributed by atoms with Crippen molar-refractivity contribution in [3.05, 3.63) is 45.2 Å². The summed E-state index contributed by atoms with van der Waals surface area (Å²) in [6, 6.07) is 9.00. The molecule has 7 heteroatoms. The van der Waals surface area contributed by atoms with Crippen molar-refractivity contribution >= 4 is 43.0 Å². The van der Waals surface area contributed by atoms with Gasteiger partial charge in [-0.3, -0.25) is 4.72 Å². The summed E-state index contributed by atoms with van der Waals surface area (Å²) in [6.45, 7) is 2.75. The minimum atomic E-state index is -3.54. The second kappa shape index (κ2) is 6.91. The average Bonchev–Trinajstić information content (AvgIpc) is 2.91. The van der Waals surface area contributed by atoms with Crippen molar-refractivity contribution in [3.63, 3.8) is 0 Å². The zero-order valence-corrected chi connectivity index (χ0v) is 15.0. The van der Waals surface area contributed by atoms with E-state index in [0.29, 0.717) is 9.90 Å². The number of hydrogen-bond acceptors (Lipinski definition) is 4. The molecule has 2 N–H and O–H groups in total. The molecule has 0 fully saturated rings. The Bertz CT molecular complexity index is 726. The molecule has 4 nitrogen and oxygen atoms in total. The Kier molecular flexibility index (Phi) is 5.43. The molecule has 1 aromatic heterocycles. The Morgan fingerprint density at radius 3 is 2.71 bits per heavy atom. The second-order valence-electron chi connectivity index (χ2n) is 4.62. The molecule has 1 aromatic carbocycles. The molecule has 0 amide bonds. The van der Waals surface area contributed by atoms with Crippen molar-refractivity contribution in [1.82, 2.24) is 5.32 Å². The van der Waals surface area contributed by atoms with Gasteiger partial charge >= 0.3 is 0 Å². The van der Waals surface area contributed by atoms with E-state index in [9.17, 15) is 8.42 Å². The largest absolute Gasteiger partial charge is 0.319 e. The molecule has 0 saturated heterocycles. The summed E-state index contributed by atoms with van der Waals surface area (Å²) in [6.07, 6.45) is 0.824. The molecule has 0 aliphatic rings. The van der Waals surface area contributed by atoms with Crippen molar-refractivity contribution in [1.29, 1.82) is 0 Å². The lowest BCUT2D eigenvalue weighted by Crippen LogP contribution is -2.12. The van der Waals surface area contributed by atoms with Gasteiger partial charge in [0.25, 0.3) is 10.0 Å². The molecule has 0 aliphatic carbocycles. The number of nitrogens with one attached hydrogen (secondary N) is 2. The molecule has 2 aromatic rings. The number of hydrogen-bond donors (Lipinski definition) is 2. The number of rotatable bonds is 6. The molecule has 0 saturated carbocycles. The third-order valence-corrected chi connectivity index (χ3v) is 7.01. The van der Waals surface area contributed by atoms with Gasteiger partial charge in [-0.25, -0.2) is 8.42 Å². The SMILES string of the molecule is CNCCc1ccc(S(=O)(=O)Nc2cccc(C)c2Br)s1. The number of benzene rings is 1. The summed E-state index contributed by atoms with van der Waals surface area (Å²) in [4.78, 5) is 1.05. The summed E-state index contributed by atoms with van der Waals surface area (Å²) in [5, 5.41) is 3.05. The minimum Gasteiger partial charge on any atom is -0.319 e. The highest BCUT2D eigenvalue weighted by atomic mass is 79.9. The first kappa shape index (κ1) is 16.5. The summed E-state index contributed by atoms with van der Waals surface area (Å²) in [7, 11) is -1.66. The van der Waals surface area contributed by atoms with E-state index in [1.165, 1.54) is 11.3 Å². The van der Waals surface area contributed by atoms with E-state index in [2.05, 4.69) is 26.0 Å². The van der Waals surface area contributed by atoms with Crippen LogP contribution in [0.15, 0.2) is 39.0 Å². The zero-order valence-electron chi connectivity index (χ0n) is 11.8. The number of halogens is 1. The number of sulfonamides is 1. The Morgan fingerprint density at radius 1 is 1.24 bits per heavy atom. The van der Waals surface area contributed by atoms with Gasteiger partial charge in [0.15, 0.2) is 0 Å². The van der Waals surface area contributed by atoms with Gasteiger partial charge < -0.3 is 5.32 Å². The predicted molar refractivity (Wildman–Crippen MR) is 91.6 cm³/mol. The lowest BCUT2D eigenvalue weighted by molar-refractivity contribution is 0.603. The maximum atomic E-state index is 12.4. The third-order valence-electron chi connectivity index (χ3n) is 2.96. The molecule has 0 bridgehead atoms. The van der Waals surface area contributed by atoms with Crippen LogP contribution in [0.3, 0.4) is 0 Å². The fourth-order valence-corrected chi connectivity index (χ4v) is 4.73. The monoisotopic (exact) mass is 388 g/mol. The van der Waals surface area contributed by atoms with Crippen LogP contribution in [0.4, 0.5) is 5.69 Å². The summed E-state index contributed by atoms with van der Waals surface area (Å²) >= 11 is 4.72. The van der Waals surface area contributed by atoms with Gasteiger partial charge in [-0.2, -0.15) is 0 Å². The quantitative estimate of drug-likeness (QED) is 0.797. The molecule has 114 valence electrons. The molecule has 21 heavy (non-hydrogen) atoms. The molecule has 0 spiro atoms. The summed E-state index contributed by atoms with van der Waals surface area (Å²) in [5.74, 6) is 0. The minimum absolute atomic E-state index is 0.335. The first-order valence-corrected chi connectivity index (χ1v) is 9.54. The average molecular weight is 389 g/mol. The third kappa shape index (κ3) is 4.06. The van der Waals surface area contributed by atoms with Gasteiger partial charge in [0.1, 0.15) is 4.21 Å². The van der Waals surface area contributed by atoms with E-state index < -0.39 is 10.0 Å². The lowest BCUT2D eigenvalue weighted by Gasteiger charge is -2.09. The van der Waals surface area contributed by atoms with Crippen LogP contribution in [0.2, 0.25) is 0 Å². The second-order valence-corrected chi connectivity index (χ2v) is 8.49. The fourth-order valence-electron chi connectivity index (χ4n) is 1.81. The zero-order chi connectivity index (χ0) is 15.5. The van der Waals surface area contributed by atoms with Gasteiger partial charge in [0.2, 0.25) is 0 Å². The van der Waals surface area contributed by atoms with Crippen LogP contribution in [0.5, 0.6) is 0 Å². The molecule has 0 unspecified atom stereocenters. The Hall–Kier alpha value is -0.890. The van der Waals surface area contributed by atoms with Gasteiger partial charge in [-0.15, -0.1) is 11.3 Å². The fraction of sp³-hybridized carbons (Fsp3) is 0.286. The number of anilines is 1. The van der Waals surface area contributed by atoms with Gasteiger partial charge in [-0.1, -0.05) is 12.1 Å². The van der Waals surface area contributed by atoms with Crippen LogP contribution in [0, 0.1) is 6.92 Å². The van der Waals surface area contributed by atoms with Crippen molar-refractivity contribution in [2.75, 3.05) is 18.3 Å². The number of likely N-dealkylation sites (N-methyl/N-ethyl adjacent to an activating group) is 1. The molecular formula is C14H17BrN2O2S2. The van der Waals surface area contributed by atoms with Crippen LogP contribution in [0.1, 0.15) is 10.4 Å². The van der Waals surface area contributed by atoms with E-state index in [-0.39, 0.29) is 0 Å². The van der Waals surface area contributed by atoms with Crippen LogP contribution in [-0.4, -0.2) is 22.0 Å². The highest BCUT2D eigenvalue weighted by Crippen LogP contribution is 2.29. The first-order chi connectivity index (χ1) is 9.94. The van der Waals surface area contributed by atoms with Crippen molar-refractivity contribution in [3.8, 4) is 0 Å². The molecular weight excluding hydrogens is 372 g/mol. The molecule has 0 radical (unpaired) electrons. The van der Waals surface area contributed by atoms with Crippen LogP contribution in [0.25, 0.3) is 0 Å². The van der Waals surface area contributed by atoms with Crippen molar-refractivity contribution < 1.29 is 8.42 Å². The summed E-state index contributed by atoms with van der Waals surface area (Å²) < 4.78 is 28.6. The Balaban J connectivity index is 2.22. The van der Waals surface area contributed by atoms with E-state index in [4.69, 9.17) is 0 Å². The predicted octanol–water partition coefficient (Wildman–Crippen LogP) is 3.38. The maximum absolute atomic E-state index is 12.4. The highest BCUT2D eigenvalue weighted by molar-refractivity contribution is 9.10. The number of aryl methyl sites for hydroxylation is 1. The maximum Gasteiger partial charge on any atom is 0.271 e. The normalized spacial score (nSPS) is 11.6. The smallest absolute Gasteiger partial charge is 0.271 e. The number of thiophene rings is 1.